The van der Waals surface area contributed by atoms with Crippen molar-refractivity contribution < 1.29 is 0 Å². The van der Waals surface area contributed by atoms with Crippen LogP contribution in [-0.4, -0.2) is 0 Å². The molecule has 0 saturated carbocycles. The summed E-state index contributed by atoms with van der Waals surface area (Å²) in [6, 6.07) is 4.31. The monoisotopic (exact) mass is 244 g/mol. The maximum absolute atomic E-state index is 3.47. The first-order valence-electron chi connectivity index (χ1n) is 4.10. The van der Waals surface area contributed by atoms with E-state index in [1.165, 1.54) is 8.66 Å². The van der Waals surface area contributed by atoms with Gasteiger partial charge in [0.05, 0.1) is 3.79 Å². The maximum Gasteiger partial charge on any atom is 0.0701 e. The lowest BCUT2D eigenvalue weighted by Crippen LogP contribution is -1.85. The van der Waals surface area contributed by atoms with Gasteiger partial charge in [0, 0.05) is 4.88 Å². The smallest absolute Gasteiger partial charge is 0.0701 e. The predicted molar refractivity (Wildman–Crippen MR) is 59.9 cm³/mol. The molecule has 0 saturated heterocycles. The van der Waals surface area contributed by atoms with E-state index in [1.807, 2.05) is 11.3 Å². The average Bonchev–Trinajstić information content (AvgIpc) is 2.47. The summed E-state index contributed by atoms with van der Waals surface area (Å²) in [6.45, 7) is 4.33. The Kier molecular flexibility index (Phi) is 4.02. The molecule has 0 nitrogen and oxygen atoms in total. The fraction of sp³-hybridized carbons (Fsp3) is 0.400. The molecule has 2 heteroatoms. The summed E-state index contributed by atoms with van der Waals surface area (Å²) in [5, 5.41) is 0. The molecule has 1 aromatic heterocycles. The lowest BCUT2D eigenvalue weighted by molar-refractivity contribution is 0.797. The third kappa shape index (κ3) is 2.76. The molecule has 0 radical (unpaired) electrons. The van der Waals surface area contributed by atoms with Gasteiger partial charge in [0.2, 0.25) is 0 Å². The van der Waals surface area contributed by atoms with Gasteiger partial charge >= 0.3 is 0 Å². The van der Waals surface area contributed by atoms with Crippen LogP contribution in [0.2, 0.25) is 0 Å². The first-order chi connectivity index (χ1) is 5.74. The zero-order valence-electron chi connectivity index (χ0n) is 7.38. The third-order valence-electron chi connectivity index (χ3n) is 1.81. The van der Waals surface area contributed by atoms with Crippen molar-refractivity contribution in [2.45, 2.75) is 26.2 Å². The Hall–Kier alpha value is -0.0800. The zero-order valence-corrected chi connectivity index (χ0v) is 9.78. The van der Waals surface area contributed by atoms with Crippen LogP contribution in [0.3, 0.4) is 0 Å². The Labute approximate surface area is 86.4 Å². The second kappa shape index (κ2) is 4.83. The molecule has 1 atom stereocenters. The van der Waals surface area contributed by atoms with Gasteiger partial charge in [-0.15, -0.1) is 11.3 Å². The Morgan fingerprint density at radius 2 is 2.33 bits per heavy atom. The van der Waals surface area contributed by atoms with E-state index in [2.05, 4.69) is 54.1 Å². The lowest BCUT2D eigenvalue weighted by atomic mass is 10.1. The summed E-state index contributed by atoms with van der Waals surface area (Å²) in [5.74, 6) is 0.650. The average molecular weight is 245 g/mol. The highest BCUT2D eigenvalue weighted by Crippen LogP contribution is 2.30. The van der Waals surface area contributed by atoms with Gasteiger partial charge in [0.25, 0.3) is 0 Å². The fourth-order valence-corrected chi connectivity index (χ4v) is 2.54. The summed E-state index contributed by atoms with van der Waals surface area (Å²) in [7, 11) is 0. The fourth-order valence-electron chi connectivity index (χ4n) is 1.05. The summed E-state index contributed by atoms with van der Waals surface area (Å²) in [6.07, 6.45) is 5.47. The second-order valence-corrected chi connectivity index (χ2v) is 5.34. The van der Waals surface area contributed by atoms with Crippen LogP contribution in [0.15, 0.2) is 28.1 Å². The van der Waals surface area contributed by atoms with Crippen molar-refractivity contribution in [3.8, 4) is 0 Å². The molecule has 0 N–H and O–H groups in total. The molecule has 66 valence electrons. The van der Waals surface area contributed by atoms with Gasteiger partial charge in [-0.25, -0.2) is 0 Å². The van der Waals surface area contributed by atoms with Gasteiger partial charge in [0.1, 0.15) is 0 Å². The quantitative estimate of drug-likeness (QED) is 0.684. The van der Waals surface area contributed by atoms with Crippen LogP contribution in [0.25, 0.3) is 0 Å². The van der Waals surface area contributed by atoms with Gasteiger partial charge in [0.15, 0.2) is 0 Å². The Bertz CT molecular complexity index is 263. The van der Waals surface area contributed by atoms with E-state index >= 15 is 0 Å². The second-order valence-electron chi connectivity index (χ2n) is 2.85. The van der Waals surface area contributed by atoms with Crippen LogP contribution < -0.4 is 0 Å². The molecule has 0 bridgehead atoms. The minimum absolute atomic E-state index is 0.650. The Balaban J connectivity index is 2.58. The van der Waals surface area contributed by atoms with Crippen molar-refractivity contribution in [3.63, 3.8) is 0 Å². The number of allylic oxidation sites excluding steroid dienone is 2. The highest BCUT2D eigenvalue weighted by Gasteiger charge is 2.05. The molecular weight excluding hydrogens is 232 g/mol. The number of thiophene rings is 1. The number of hydrogen-bond donors (Lipinski definition) is 0. The molecule has 0 aliphatic heterocycles. The molecule has 12 heavy (non-hydrogen) atoms. The Morgan fingerprint density at radius 1 is 1.58 bits per heavy atom. The molecule has 0 aliphatic rings. The van der Waals surface area contributed by atoms with E-state index in [1.54, 1.807) is 0 Å². The van der Waals surface area contributed by atoms with Crippen LogP contribution in [0.5, 0.6) is 0 Å². The summed E-state index contributed by atoms with van der Waals surface area (Å²) in [5.41, 5.74) is 0. The summed E-state index contributed by atoms with van der Waals surface area (Å²) >= 11 is 5.30. The molecule has 1 unspecified atom stereocenters. The van der Waals surface area contributed by atoms with E-state index in [0.717, 1.165) is 6.42 Å². The van der Waals surface area contributed by atoms with E-state index in [0.29, 0.717) is 5.92 Å². The number of halogens is 1. The molecule has 0 amide bonds. The molecule has 0 fully saturated rings. The Morgan fingerprint density at radius 3 is 2.83 bits per heavy atom. The van der Waals surface area contributed by atoms with Crippen molar-refractivity contribution in [1.82, 2.24) is 0 Å². The van der Waals surface area contributed by atoms with Crippen LogP contribution >= 0.6 is 27.3 Å². The molecule has 0 spiro atoms. The van der Waals surface area contributed by atoms with Crippen molar-refractivity contribution >= 4 is 27.3 Å². The SMILES string of the molecule is C/C=C/CC(C)c1ccc(Br)s1. The van der Waals surface area contributed by atoms with Crippen LogP contribution in [0.4, 0.5) is 0 Å². The van der Waals surface area contributed by atoms with Crippen LogP contribution in [0.1, 0.15) is 31.1 Å². The van der Waals surface area contributed by atoms with Crippen molar-refractivity contribution in [1.29, 1.82) is 0 Å². The van der Waals surface area contributed by atoms with Crippen LogP contribution in [-0.2, 0) is 0 Å². The van der Waals surface area contributed by atoms with Crippen LogP contribution in [0, 0.1) is 0 Å². The number of hydrogen-bond acceptors (Lipinski definition) is 1. The molecule has 0 aliphatic carbocycles. The van der Waals surface area contributed by atoms with Crippen molar-refractivity contribution in [2.75, 3.05) is 0 Å². The highest BCUT2D eigenvalue weighted by atomic mass is 79.9. The van der Waals surface area contributed by atoms with Crippen molar-refractivity contribution in [2.24, 2.45) is 0 Å². The summed E-state index contributed by atoms with van der Waals surface area (Å²) < 4.78 is 1.23. The van der Waals surface area contributed by atoms with E-state index < -0.39 is 0 Å². The largest absolute Gasteiger partial charge is 0.133 e. The first kappa shape index (κ1) is 10.0. The topological polar surface area (TPSA) is 0 Å². The highest BCUT2D eigenvalue weighted by molar-refractivity contribution is 9.11. The van der Waals surface area contributed by atoms with E-state index in [-0.39, 0.29) is 0 Å². The summed E-state index contributed by atoms with van der Waals surface area (Å²) in [4.78, 5) is 1.46. The minimum atomic E-state index is 0.650. The zero-order chi connectivity index (χ0) is 8.97. The molecule has 1 heterocycles. The lowest BCUT2D eigenvalue weighted by Gasteiger charge is -2.03. The standard InChI is InChI=1S/C10H13BrS/c1-3-4-5-8(2)9-6-7-10(11)12-9/h3-4,6-8H,5H2,1-2H3/b4-3+. The normalized spacial score (nSPS) is 13.9. The number of rotatable bonds is 3. The van der Waals surface area contributed by atoms with Gasteiger partial charge < -0.3 is 0 Å². The molecule has 1 aromatic rings. The van der Waals surface area contributed by atoms with E-state index in [9.17, 15) is 0 Å². The van der Waals surface area contributed by atoms with Gasteiger partial charge in [-0.2, -0.15) is 0 Å². The third-order valence-corrected chi connectivity index (χ3v) is 3.66. The van der Waals surface area contributed by atoms with Gasteiger partial charge in [-0.05, 0) is 47.3 Å². The van der Waals surface area contributed by atoms with Crippen molar-refractivity contribution in [3.05, 3.63) is 32.9 Å². The van der Waals surface area contributed by atoms with Gasteiger partial charge in [-0.3, -0.25) is 0 Å². The predicted octanol–water partition coefficient (Wildman–Crippen LogP) is 4.58. The van der Waals surface area contributed by atoms with E-state index in [4.69, 9.17) is 0 Å². The maximum atomic E-state index is 3.47. The first-order valence-corrected chi connectivity index (χ1v) is 5.71. The minimum Gasteiger partial charge on any atom is -0.133 e. The molecule has 1 rings (SSSR count). The molecular formula is C10H13BrS. The molecule has 0 aromatic carbocycles. The van der Waals surface area contributed by atoms with Gasteiger partial charge in [-0.1, -0.05) is 19.1 Å².